The highest BCUT2D eigenvalue weighted by atomic mass is 16.5. The van der Waals surface area contributed by atoms with Gasteiger partial charge in [0.2, 0.25) is 0 Å². The number of carbonyl (C=O) groups excluding carboxylic acids is 4. The predicted octanol–water partition coefficient (Wildman–Crippen LogP) is 2.18. The summed E-state index contributed by atoms with van der Waals surface area (Å²) in [5.41, 5.74) is 0.993. The van der Waals surface area contributed by atoms with Gasteiger partial charge in [-0.3, -0.25) is 14.4 Å². The molecule has 0 unspecified atom stereocenters. The minimum absolute atomic E-state index is 0.234. The average Bonchev–Trinajstić information content (AvgIpc) is 2.80. The van der Waals surface area contributed by atoms with E-state index in [2.05, 4.69) is 10.6 Å². The summed E-state index contributed by atoms with van der Waals surface area (Å²) in [6.07, 6.45) is -0.241. The van der Waals surface area contributed by atoms with Gasteiger partial charge in [-0.2, -0.15) is 0 Å². The summed E-state index contributed by atoms with van der Waals surface area (Å²) in [4.78, 5) is 47.9. The first kappa shape index (κ1) is 25.2. The van der Waals surface area contributed by atoms with Crippen LogP contribution in [-0.4, -0.2) is 57.2 Å². The Labute approximate surface area is 191 Å². The van der Waals surface area contributed by atoms with Crippen LogP contribution in [0.2, 0.25) is 0 Å². The second kappa shape index (κ2) is 12.1. The third-order valence-electron chi connectivity index (χ3n) is 4.12. The SMILES string of the molecule is COc1cc(OC)cc(C(=O)NCC(=O)OCC(=O)Nc2ccc(C(=O)OC(C)C)cc2)c1. The van der Waals surface area contributed by atoms with Crippen molar-refractivity contribution in [2.24, 2.45) is 0 Å². The molecular weight excluding hydrogens is 432 g/mol. The highest BCUT2D eigenvalue weighted by Crippen LogP contribution is 2.22. The Morgan fingerprint density at radius 1 is 0.879 bits per heavy atom. The fourth-order valence-corrected chi connectivity index (χ4v) is 2.56. The number of hydrogen-bond acceptors (Lipinski definition) is 8. The van der Waals surface area contributed by atoms with E-state index in [0.717, 1.165) is 0 Å². The van der Waals surface area contributed by atoms with E-state index in [-0.39, 0.29) is 11.7 Å². The van der Waals surface area contributed by atoms with E-state index in [1.54, 1.807) is 19.9 Å². The Morgan fingerprint density at radius 3 is 2.03 bits per heavy atom. The summed E-state index contributed by atoms with van der Waals surface area (Å²) in [6.45, 7) is 2.52. The van der Waals surface area contributed by atoms with Crippen LogP contribution in [0, 0.1) is 0 Å². The van der Waals surface area contributed by atoms with Crippen molar-refractivity contribution in [1.82, 2.24) is 5.32 Å². The van der Waals surface area contributed by atoms with E-state index in [1.165, 1.54) is 50.6 Å². The molecular formula is C23H26N2O8. The van der Waals surface area contributed by atoms with Gasteiger partial charge in [0.15, 0.2) is 6.61 Å². The van der Waals surface area contributed by atoms with E-state index in [1.807, 2.05) is 0 Å². The van der Waals surface area contributed by atoms with Crippen molar-refractivity contribution >= 4 is 29.4 Å². The normalized spacial score (nSPS) is 10.2. The van der Waals surface area contributed by atoms with Crippen LogP contribution in [0.15, 0.2) is 42.5 Å². The lowest BCUT2D eigenvalue weighted by atomic mass is 10.2. The van der Waals surface area contributed by atoms with Gasteiger partial charge in [-0.25, -0.2) is 4.79 Å². The molecule has 0 atom stereocenters. The number of nitrogens with one attached hydrogen (secondary N) is 2. The molecule has 0 aliphatic heterocycles. The molecule has 0 saturated carbocycles. The molecule has 2 N–H and O–H groups in total. The Bertz CT molecular complexity index is 980. The van der Waals surface area contributed by atoms with Crippen molar-refractivity contribution in [3.8, 4) is 11.5 Å². The number of methoxy groups -OCH3 is 2. The molecule has 0 spiro atoms. The molecule has 0 aromatic heterocycles. The van der Waals surface area contributed by atoms with Crippen LogP contribution >= 0.6 is 0 Å². The average molecular weight is 458 g/mol. The lowest BCUT2D eigenvalue weighted by molar-refractivity contribution is -0.146. The molecule has 0 radical (unpaired) electrons. The molecule has 0 saturated heterocycles. The first-order valence-electron chi connectivity index (χ1n) is 9.99. The van der Waals surface area contributed by atoms with E-state index in [0.29, 0.717) is 22.7 Å². The second-order valence-electron chi connectivity index (χ2n) is 7.02. The lowest BCUT2D eigenvalue weighted by Crippen LogP contribution is -2.32. The van der Waals surface area contributed by atoms with Crippen molar-refractivity contribution in [3.05, 3.63) is 53.6 Å². The molecule has 0 heterocycles. The van der Waals surface area contributed by atoms with Crippen LogP contribution in [0.3, 0.4) is 0 Å². The van der Waals surface area contributed by atoms with Crippen molar-refractivity contribution < 1.29 is 38.1 Å². The number of anilines is 1. The first-order chi connectivity index (χ1) is 15.7. The maximum absolute atomic E-state index is 12.3. The van der Waals surface area contributed by atoms with Crippen molar-refractivity contribution in [2.45, 2.75) is 20.0 Å². The highest BCUT2D eigenvalue weighted by molar-refractivity contribution is 5.97. The number of carbonyl (C=O) groups is 4. The number of amides is 2. The zero-order valence-electron chi connectivity index (χ0n) is 18.8. The van der Waals surface area contributed by atoms with Gasteiger partial charge < -0.3 is 29.6 Å². The van der Waals surface area contributed by atoms with Crippen molar-refractivity contribution in [3.63, 3.8) is 0 Å². The topological polar surface area (TPSA) is 129 Å². The van der Waals surface area contributed by atoms with E-state index < -0.39 is 36.9 Å². The molecule has 2 amide bonds. The molecule has 2 rings (SSSR count). The van der Waals surface area contributed by atoms with Gasteiger partial charge in [-0.05, 0) is 50.2 Å². The molecule has 2 aromatic carbocycles. The minimum Gasteiger partial charge on any atom is -0.497 e. The molecule has 10 heteroatoms. The predicted molar refractivity (Wildman–Crippen MR) is 118 cm³/mol. The first-order valence-corrected chi connectivity index (χ1v) is 9.99. The van der Waals surface area contributed by atoms with Gasteiger partial charge in [0.25, 0.3) is 11.8 Å². The van der Waals surface area contributed by atoms with Gasteiger partial charge in [-0.1, -0.05) is 0 Å². The number of hydrogen-bond donors (Lipinski definition) is 2. The minimum atomic E-state index is -0.792. The summed E-state index contributed by atoms with van der Waals surface area (Å²) in [5, 5.41) is 4.94. The maximum Gasteiger partial charge on any atom is 0.338 e. The fourth-order valence-electron chi connectivity index (χ4n) is 2.56. The number of benzene rings is 2. The standard InChI is InChI=1S/C23H26N2O8/c1-14(2)33-23(29)15-5-7-17(8-6-15)25-20(26)13-32-21(27)12-24-22(28)16-9-18(30-3)11-19(10-16)31-4/h5-11,14H,12-13H2,1-4H3,(H,24,28)(H,25,26). The molecule has 0 aliphatic carbocycles. The molecule has 0 fully saturated rings. The van der Waals surface area contributed by atoms with Crippen molar-refractivity contribution in [2.75, 3.05) is 32.7 Å². The summed E-state index contributed by atoms with van der Waals surface area (Å²) in [7, 11) is 2.90. The third kappa shape index (κ3) is 8.17. The van der Waals surface area contributed by atoms with Gasteiger partial charge in [0, 0.05) is 17.3 Å². The van der Waals surface area contributed by atoms with Crippen LogP contribution in [0.1, 0.15) is 34.6 Å². The zero-order chi connectivity index (χ0) is 24.4. The summed E-state index contributed by atoms with van der Waals surface area (Å²) >= 11 is 0. The van der Waals surface area contributed by atoms with E-state index in [4.69, 9.17) is 18.9 Å². The maximum atomic E-state index is 12.3. The van der Waals surface area contributed by atoms with Crippen LogP contribution < -0.4 is 20.1 Å². The molecule has 2 aromatic rings. The molecule has 33 heavy (non-hydrogen) atoms. The Balaban J connectivity index is 1.78. The van der Waals surface area contributed by atoms with Gasteiger partial charge in [0.1, 0.15) is 18.0 Å². The number of ether oxygens (including phenoxy) is 4. The Morgan fingerprint density at radius 2 is 1.48 bits per heavy atom. The second-order valence-corrected chi connectivity index (χ2v) is 7.02. The monoisotopic (exact) mass is 458 g/mol. The summed E-state index contributed by atoms with van der Waals surface area (Å²) < 4.78 is 20.2. The third-order valence-corrected chi connectivity index (χ3v) is 4.12. The number of esters is 2. The molecule has 176 valence electrons. The lowest BCUT2D eigenvalue weighted by Gasteiger charge is -2.10. The molecule has 10 nitrogen and oxygen atoms in total. The summed E-state index contributed by atoms with van der Waals surface area (Å²) in [6, 6.07) is 10.7. The number of rotatable bonds is 10. The molecule has 0 bridgehead atoms. The van der Waals surface area contributed by atoms with Crippen molar-refractivity contribution in [1.29, 1.82) is 0 Å². The van der Waals surface area contributed by atoms with E-state index >= 15 is 0 Å². The Hall–Kier alpha value is -4.08. The van der Waals surface area contributed by atoms with Gasteiger partial charge >= 0.3 is 11.9 Å². The zero-order valence-corrected chi connectivity index (χ0v) is 18.8. The quantitative estimate of drug-likeness (QED) is 0.519. The van der Waals surface area contributed by atoms with Crippen LogP contribution in [-0.2, 0) is 19.1 Å². The largest absolute Gasteiger partial charge is 0.497 e. The van der Waals surface area contributed by atoms with Crippen LogP contribution in [0.5, 0.6) is 11.5 Å². The Kier molecular flexibility index (Phi) is 9.22. The molecule has 0 aliphatic rings. The smallest absolute Gasteiger partial charge is 0.338 e. The van der Waals surface area contributed by atoms with Gasteiger partial charge in [0.05, 0.1) is 25.9 Å². The fraction of sp³-hybridized carbons (Fsp3) is 0.304. The van der Waals surface area contributed by atoms with Crippen LogP contribution in [0.25, 0.3) is 0 Å². The summed E-state index contributed by atoms with van der Waals surface area (Å²) in [5.74, 6) is -1.53. The highest BCUT2D eigenvalue weighted by Gasteiger charge is 2.14. The van der Waals surface area contributed by atoms with Crippen LogP contribution in [0.4, 0.5) is 5.69 Å². The van der Waals surface area contributed by atoms with Gasteiger partial charge in [-0.15, -0.1) is 0 Å². The van der Waals surface area contributed by atoms with E-state index in [9.17, 15) is 19.2 Å².